The van der Waals surface area contributed by atoms with Gasteiger partial charge >= 0.3 is 0 Å². The van der Waals surface area contributed by atoms with Crippen molar-refractivity contribution in [3.63, 3.8) is 0 Å². The van der Waals surface area contributed by atoms with Gasteiger partial charge in [0.1, 0.15) is 5.75 Å². The molecule has 0 saturated carbocycles. The largest absolute Gasteiger partial charge is 0.484 e. The van der Waals surface area contributed by atoms with Gasteiger partial charge in [-0.15, -0.1) is 0 Å². The van der Waals surface area contributed by atoms with Gasteiger partial charge in [0.15, 0.2) is 6.61 Å². The second-order valence-electron chi connectivity index (χ2n) is 8.42. The summed E-state index contributed by atoms with van der Waals surface area (Å²) >= 11 is 0. The van der Waals surface area contributed by atoms with E-state index in [0.29, 0.717) is 23.5 Å². The summed E-state index contributed by atoms with van der Waals surface area (Å²) in [5, 5.41) is 5.91. The number of ether oxygens (including phenoxy) is 1. The van der Waals surface area contributed by atoms with Crippen LogP contribution in [-0.4, -0.2) is 38.1 Å². The number of hydrogen-bond donors (Lipinski definition) is 2. The molecule has 6 nitrogen and oxygen atoms in total. The van der Waals surface area contributed by atoms with E-state index in [1.54, 1.807) is 18.2 Å². The van der Waals surface area contributed by atoms with Crippen molar-refractivity contribution in [3.05, 3.63) is 90.0 Å². The predicted octanol–water partition coefficient (Wildman–Crippen LogP) is 4.67. The highest BCUT2D eigenvalue weighted by Gasteiger charge is 2.19. The van der Waals surface area contributed by atoms with Crippen LogP contribution in [0.4, 0.5) is 11.4 Å². The van der Waals surface area contributed by atoms with Crippen molar-refractivity contribution in [2.75, 3.05) is 36.5 Å². The van der Waals surface area contributed by atoms with Crippen molar-refractivity contribution >= 4 is 23.2 Å². The highest BCUT2D eigenvalue weighted by molar-refractivity contribution is 6.02. The van der Waals surface area contributed by atoms with Crippen LogP contribution >= 0.6 is 0 Å². The first-order valence-electron chi connectivity index (χ1n) is 11.9. The number of nitrogens with zero attached hydrogens (tertiary/aromatic N) is 1. The molecule has 1 aliphatic heterocycles. The lowest BCUT2D eigenvalue weighted by Crippen LogP contribution is -2.33. The van der Waals surface area contributed by atoms with E-state index in [0.717, 1.165) is 38.0 Å². The van der Waals surface area contributed by atoms with Crippen molar-refractivity contribution in [1.82, 2.24) is 5.32 Å². The summed E-state index contributed by atoms with van der Waals surface area (Å²) in [6.07, 6.45) is 4.21. The van der Waals surface area contributed by atoms with E-state index in [2.05, 4.69) is 27.7 Å². The van der Waals surface area contributed by atoms with Crippen LogP contribution in [0.1, 0.15) is 35.2 Å². The van der Waals surface area contributed by atoms with Crippen molar-refractivity contribution in [1.29, 1.82) is 0 Å². The third-order valence-corrected chi connectivity index (χ3v) is 5.88. The second kappa shape index (κ2) is 11.9. The van der Waals surface area contributed by atoms with Gasteiger partial charge < -0.3 is 20.3 Å². The molecule has 0 spiro atoms. The van der Waals surface area contributed by atoms with Crippen LogP contribution in [0.3, 0.4) is 0 Å². The van der Waals surface area contributed by atoms with E-state index in [1.807, 2.05) is 48.5 Å². The fourth-order valence-electron chi connectivity index (χ4n) is 4.13. The molecule has 0 aromatic heterocycles. The molecule has 34 heavy (non-hydrogen) atoms. The lowest BCUT2D eigenvalue weighted by molar-refractivity contribution is -0.118. The molecule has 4 rings (SSSR count). The average molecular weight is 458 g/mol. The fourth-order valence-corrected chi connectivity index (χ4v) is 4.13. The summed E-state index contributed by atoms with van der Waals surface area (Å²) in [4.78, 5) is 27.9. The summed E-state index contributed by atoms with van der Waals surface area (Å²) in [6, 6.07) is 24.9. The van der Waals surface area contributed by atoms with Crippen LogP contribution in [0.15, 0.2) is 78.9 Å². The molecule has 3 aromatic rings. The number of nitrogens with one attached hydrogen (secondary N) is 2. The maximum absolute atomic E-state index is 13.2. The Morgan fingerprint density at radius 2 is 1.56 bits per heavy atom. The van der Waals surface area contributed by atoms with Gasteiger partial charge in [-0.2, -0.15) is 0 Å². The number of anilines is 2. The Labute approximate surface area is 200 Å². The maximum atomic E-state index is 13.2. The molecule has 2 amide bonds. The topological polar surface area (TPSA) is 70.7 Å². The molecule has 2 N–H and O–H groups in total. The standard InChI is InChI=1S/C28H31N3O3/c32-27(21-34-24-12-6-2-7-13-24)30-23-14-15-26(31-18-8-3-9-19-31)25(20-23)28(33)29-17-16-22-10-4-1-5-11-22/h1-2,4-7,10-15,20H,3,8-9,16-19,21H2,(H,29,33)(H,30,32). The summed E-state index contributed by atoms with van der Waals surface area (Å²) in [6.45, 7) is 2.31. The normalized spacial score (nSPS) is 13.2. The Bertz CT molecular complexity index is 1080. The van der Waals surface area contributed by atoms with Gasteiger partial charge in [-0.05, 0) is 61.6 Å². The van der Waals surface area contributed by atoms with Crippen molar-refractivity contribution in [2.24, 2.45) is 0 Å². The Kier molecular flexibility index (Phi) is 8.17. The maximum Gasteiger partial charge on any atom is 0.262 e. The number of amides is 2. The first-order chi connectivity index (χ1) is 16.7. The van der Waals surface area contributed by atoms with E-state index in [9.17, 15) is 9.59 Å². The van der Waals surface area contributed by atoms with Crippen LogP contribution in [0.25, 0.3) is 0 Å². The van der Waals surface area contributed by atoms with E-state index in [-0.39, 0.29) is 18.4 Å². The number of carbonyl (C=O) groups excluding carboxylic acids is 2. The quantitative estimate of drug-likeness (QED) is 0.490. The highest BCUT2D eigenvalue weighted by atomic mass is 16.5. The van der Waals surface area contributed by atoms with E-state index < -0.39 is 0 Å². The van der Waals surface area contributed by atoms with E-state index >= 15 is 0 Å². The first kappa shape index (κ1) is 23.4. The summed E-state index contributed by atoms with van der Waals surface area (Å²) in [5.41, 5.74) is 3.25. The molecule has 0 bridgehead atoms. The molecule has 0 radical (unpaired) electrons. The van der Waals surface area contributed by atoms with Crippen LogP contribution in [0.2, 0.25) is 0 Å². The lowest BCUT2D eigenvalue weighted by atomic mass is 10.1. The fraction of sp³-hybridized carbons (Fsp3) is 0.286. The zero-order valence-electron chi connectivity index (χ0n) is 19.3. The molecule has 0 unspecified atom stereocenters. The molecule has 0 atom stereocenters. The summed E-state index contributed by atoms with van der Waals surface area (Å²) < 4.78 is 5.53. The molecule has 3 aromatic carbocycles. The van der Waals surface area contributed by atoms with Gasteiger partial charge in [-0.25, -0.2) is 0 Å². The number of benzene rings is 3. The van der Waals surface area contributed by atoms with Crippen LogP contribution in [0.5, 0.6) is 5.75 Å². The Morgan fingerprint density at radius 1 is 0.853 bits per heavy atom. The molecule has 1 aliphatic rings. The number of para-hydroxylation sites is 1. The minimum Gasteiger partial charge on any atom is -0.484 e. The Hall–Kier alpha value is -3.80. The zero-order valence-corrected chi connectivity index (χ0v) is 19.3. The minimum atomic E-state index is -0.273. The van der Waals surface area contributed by atoms with Crippen molar-refractivity contribution < 1.29 is 14.3 Å². The van der Waals surface area contributed by atoms with Gasteiger partial charge in [-0.3, -0.25) is 9.59 Å². The number of hydrogen-bond acceptors (Lipinski definition) is 4. The zero-order chi connectivity index (χ0) is 23.6. The second-order valence-corrected chi connectivity index (χ2v) is 8.42. The molecule has 1 saturated heterocycles. The molecule has 0 aliphatic carbocycles. The van der Waals surface area contributed by atoms with E-state index in [1.165, 1.54) is 12.0 Å². The van der Waals surface area contributed by atoms with Gasteiger partial charge in [0, 0.05) is 31.0 Å². The molecule has 6 heteroatoms. The third-order valence-electron chi connectivity index (χ3n) is 5.88. The molecule has 1 heterocycles. The van der Waals surface area contributed by atoms with Gasteiger partial charge in [0.05, 0.1) is 5.56 Å². The van der Waals surface area contributed by atoms with Gasteiger partial charge in [-0.1, -0.05) is 48.5 Å². The predicted molar refractivity (Wildman–Crippen MR) is 136 cm³/mol. The van der Waals surface area contributed by atoms with Gasteiger partial charge in [0.2, 0.25) is 0 Å². The SMILES string of the molecule is O=C(COc1ccccc1)Nc1ccc(N2CCCCC2)c(C(=O)NCCc2ccccc2)c1. The number of carbonyl (C=O) groups is 2. The monoisotopic (exact) mass is 457 g/mol. The van der Waals surface area contributed by atoms with Crippen LogP contribution in [-0.2, 0) is 11.2 Å². The van der Waals surface area contributed by atoms with Crippen LogP contribution < -0.4 is 20.3 Å². The molecule has 176 valence electrons. The molecular formula is C28H31N3O3. The Balaban J connectivity index is 1.43. The summed E-state index contributed by atoms with van der Waals surface area (Å²) in [5.74, 6) is 0.231. The summed E-state index contributed by atoms with van der Waals surface area (Å²) in [7, 11) is 0. The number of piperidine rings is 1. The van der Waals surface area contributed by atoms with E-state index in [4.69, 9.17) is 4.74 Å². The lowest BCUT2D eigenvalue weighted by Gasteiger charge is -2.30. The minimum absolute atomic E-state index is 0.101. The highest BCUT2D eigenvalue weighted by Crippen LogP contribution is 2.27. The number of rotatable bonds is 9. The smallest absolute Gasteiger partial charge is 0.262 e. The Morgan fingerprint density at radius 3 is 2.29 bits per heavy atom. The molecular weight excluding hydrogens is 426 g/mol. The average Bonchev–Trinajstić information content (AvgIpc) is 2.89. The third kappa shape index (κ3) is 6.61. The van der Waals surface area contributed by atoms with Crippen molar-refractivity contribution in [3.8, 4) is 5.75 Å². The van der Waals surface area contributed by atoms with Crippen molar-refractivity contribution in [2.45, 2.75) is 25.7 Å². The van der Waals surface area contributed by atoms with Crippen LogP contribution in [0, 0.1) is 0 Å². The van der Waals surface area contributed by atoms with Gasteiger partial charge in [0.25, 0.3) is 11.8 Å². The first-order valence-corrected chi connectivity index (χ1v) is 11.9. The molecule has 1 fully saturated rings.